The molecule has 4 rings (SSSR count). The number of aryl methyl sites for hydroxylation is 1. The molecule has 3 aromatic carbocycles. The molecule has 1 aliphatic rings. The zero-order valence-electron chi connectivity index (χ0n) is 23.5. The van der Waals surface area contributed by atoms with Gasteiger partial charge < -0.3 is 15.0 Å². The molecule has 1 N–H and O–H groups in total. The van der Waals surface area contributed by atoms with E-state index in [0.29, 0.717) is 10.8 Å². The first kappa shape index (κ1) is 30.4. The number of methoxy groups -OCH3 is 1. The Balaban J connectivity index is 1.71. The summed E-state index contributed by atoms with van der Waals surface area (Å²) >= 11 is 6.07. The molecule has 8 nitrogen and oxygen atoms in total. The lowest BCUT2D eigenvalue weighted by atomic mass is 10.1. The van der Waals surface area contributed by atoms with Crippen LogP contribution in [0.2, 0.25) is 5.02 Å². The van der Waals surface area contributed by atoms with Crippen LogP contribution in [0.4, 0.5) is 5.69 Å². The first-order valence-corrected chi connectivity index (χ1v) is 15.5. The molecule has 10 heteroatoms. The van der Waals surface area contributed by atoms with Gasteiger partial charge in [0.05, 0.1) is 17.7 Å². The molecule has 0 spiro atoms. The summed E-state index contributed by atoms with van der Waals surface area (Å²) in [7, 11) is -2.74. The van der Waals surface area contributed by atoms with Crippen LogP contribution in [0.1, 0.15) is 43.7 Å². The first-order valence-electron chi connectivity index (χ1n) is 13.7. The second-order valence-corrected chi connectivity index (χ2v) is 12.6. The molecule has 1 atom stereocenters. The van der Waals surface area contributed by atoms with Gasteiger partial charge >= 0.3 is 0 Å². The maximum atomic E-state index is 14.1. The Morgan fingerprint density at radius 2 is 1.63 bits per heavy atom. The van der Waals surface area contributed by atoms with Gasteiger partial charge in [-0.15, -0.1) is 0 Å². The highest BCUT2D eigenvalue weighted by Crippen LogP contribution is 2.32. The molecule has 0 radical (unpaired) electrons. The zero-order valence-corrected chi connectivity index (χ0v) is 25.1. The van der Waals surface area contributed by atoms with E-state index in [1.807, 2.05) is 6.92 Å². The second-order valence-electron chi connectivity index (χ2n) is 10.3. The molecule has 0 aliphatic heterocycles. The van der Waals surface area contributed by atoms with Crippen molar-refractivity contribution >= 4 is 39.1 Å². The Kier molecular flexibility index (Phi) is 9.94. The number of ether oxygens (including phenoxy) is 1. The topological polar surface area (TPSA) is 96.0 Å². The number of anilines is 1. The fourth-order valence-corrected chi connectivity index (χ4v) is 6.50. The summed E-state index contributed by atoms with van der Waals surface area (Å²) in [5.41, 5.74) is 1.88. The highest BCUT2D eigenvalue weighted by Gasteiger charge is 2.34. The molecule has 0 saturated heterocycles. The van der Waals surface area contributed by atoms with Gasteiger partial charge in [0, 0.05) is 17.6 Å². The minimum absolute atomic E-state index is 0.0399. The van der Waals surface area contributed by atoms with Gasteiger partial charge in [-0.2, -0.15) is 0 Å². The van der Waals surface area contributed by atoms with E-state index < -0.39 is 28.5 Å². The Morgan fingerprint density at radius 3 is 2.27 bits per heavy atom. The number of benzene rings is 3. The average Bonchev–Trinajstić information content (AvgIpc) is 3.48. The monoisotopic (exact) mass is 597 g/mol. The first-order chi connectivity index (χ1) is 19.6. The summed E-state index contributed by atoms with van der Waals surface area (Å²) in [5, 5.41) is 3.61. The van der Waals surface area contributed by atoms with Crippen LogP contribution in [0, 0.1) is 6.92 Å². The van der Waals surface area contributed by atoms with E-state index in [2.05, 4.69) is 5.32 Å². The van der Waals surface area contributed by atoms with Crippen molar-refractivity contribution in [3.63, 3.8) is 0 Å². The number of amides is 2. The SMILES string of the molecule is COc1ccccc1N(CC(=O)N(Cc1ccc(Cl)cc1)[C@H](C)C(=O)NC1CCCC1)S(=O)(=O)c1ccc(C)cc1. The smallest absolute Gasteiger partial charge is 0.264 e. The van der Waals surface area contributed by atoms with Crippen molar-refractivity contribution in [2.24, 2.45) is 0 Å². The van der Waals surface area contributed by atoms with Crippen LogP contribution in [-0.4, -0.2) is 50.9 Å². The Morgan fingerprint density at radius 1 is 1.00 bits per heavy atom. The highest BCUT2D eigenvalue weighted by molar-refractivity contribution is 7.92. The Hall–Kier alpha value is -3.56. The van der Waals surface area contributed by atoms with E-state index in [9.17, 15) is 18.0 Å². The van der Waals surface area contributed by atoms with Crippen LogP contribution in [0.3, 0.4) is 0 Å². The van der Waals surface area contributed by atoms with E-state index in [4.69, 9.17) is 16.3 Å². The van der Waals surface area contributed by atoms with Crippen molar-refractivity contribution < 1.29 is 22.7 Å². The molecule has 1 saturated carbocycles. The van der Waals surface area contributed by atoms with Gasteiger partial charge in [-0.3, -0.25) is 13.9 Å². The van der Waals surface area contributed by atoms with E-state index in [1.54, 1.807) is 67.6 Å². The normalized spacial score (nSPS) is 14.3. The van der Waals surface area contributed by atoms with E-state index in [0.717, 1.165) is 41.1 Å². The minimum atomic E-state index is -4.19. The van der Waals surface area contributed by atoms with Crippen molar-refractivity contribution in [2.45, 2.75) is 63.1 Å². The van der Waals surface area contributed by atoms with Crippen LogP contribution >= 0.6 is 11.6 Å². The maximum Gasteiger partial charge on any atom is 0.264 e. The summed E-state index contributed by atoms with van der Waals surface area (Å²) in [4.78, 5) is 28.9. The van der Waals surface area contributed by atoms with Gasteiger partial charge in [-0.05, 0) is 68.7 Å². The number of hydrogen-bond acceptors (Lipinski definition) is 5. The number of sulfonamides is 1. The van der Waals surface area contributed by atoms with Crippen LogP contribution < -0.4 is 14.4 Å². The fraction of sp³-hybridized carbons (Fsp3) is 0.355. The third kappa shape index (κ3) is 7.40. The maximum absolute atomic E-state index is 14.1. The number of carbonyl (C=O) groups is 2. The summed E-state index contributed by atoms with van der Waals surface area (Å²) in [6.07, 6.45) is 3.91. The molecule has 0 heterocycles. The Labute approximate surface area is 247 Å². The lowest BCUT2D eigenvalue weighted by Gasteiger charge is -2.32. The van der Waals surface area contributed by atoms with E-state index in [-0.39, 0.29) is 29.1 Å². The van der Waals surface area contributed by atoms with E-state index in [1.165, 1.54) is 24.1 Å². The molecule has 1 aliphatic carbocycles. The molecular weight excluding hydrogens is 562 g/mol. The highest BCUT2D eigenvalue weighted by atomic mass is 35.5. The molecule has 41 heavy (non-hydrogen) atoms. The molecule has 218 valence electrons. The predicted molar refractivity (Wildman–Crippen MR) is 161 cm³/mol. The predicted octanol–water partition coefficient (Wildman–Crippen LogP) is 5.33. The summed E-state index contributed by atoms with van der Waals surface area (Å²) < 4.78 is 34.5. The lowest BCUT2D eigenvalue weighted by Crippen LogP contribution is -2.52. The number of halogens is 1. The number of rotatable bonds is 11. The summed E-state index contributed by atoms with van der Waals surface area (Å²) in [6.45, 7) is 3.09. The van der Waals surface area contributed by atoms with Gasteiger partial charge in [0.1, 0.15) is 18.3 Å². The molecular formula is C31H36ClN3O5S. The molecule has 0 unspecified atom stereocenters. The zero-order chi connectivity index (χ0) is 29.6. The van der Waals surface area contributed by atoms with Gasteiger partial charge in [-0.25, -0.2) is 8.42 Å². The van der Waals surface area contributed by atoms with Crippen molar-refractivity contribution in [1.29, 1.82) is 0 Å². The van der Waals surface area contributed by atoms with Gasteiger partial charge in [0.15, 0.2) is 0 Å². The van der Waals surface area contributed by atoms with Gasteiger partial charge in [0.2, 0.25) is 11.8 Å². The summed E-state index contributed by atoms with van der Waals surface area (Å²) in [5.74, 6) is -0.507. The lowest BCUT2D eigenvalue weighted by molar-refractivity contribution is -0.139. The summed E-state index contributed by atoms with van der Waals surface area (Å²) in [6, 6.07) is 19.3. The number of nitrogens with zero attached hydrogens (tertiary/aromatic N) is 2. The van der Waals surface area contributed by atoms with Crippen molar-refractivity contribution in [2.75, 3.05) is 18.0 Å². The number of para-hydroxylation sites is 2. The number of hydrogen-bond donors (Lipinski definition) is 1. The molecule has 3 aromatic rings. The fourth-order valence-electron chi connectivity index (χ4n) is 4.95. The second kappa shape index (κ2) is 13.4. The van der Waals surface area contributed by atoms with E-state index >= 15 is 0 Å². The van der Waals surface area contributed by atoms with Crippen LogP contribution in [-0.2, 0) is 26.2 Å². The number of carbonyl (C=O) groups excluding carboxylic acids is 2. The largest absolute Gasteiger partial charge is 0.495 e. The molecule has 1 fully saturated rings. The standard InChI is InChI=1S/C31H36ClN3O5S/c1-22-12-18-27(19-13-22)41(38,39)35(28-10-6-7-11-29(28)40-3)21-30(36)34(20-24-14-16-25(32)17-15-24)23(2)31(37)33-26-8-4-5-9-26/h6-7,10-19,23,26H,4-5,8-9,20-21H2,1-3H3,(H,33,37)/t23-/m1/s1. The van der Waals surface area contributed by atoms with Gasteiger partial charge in [0.25, 0.3) is 10.0 Å². The third-order valence-corrected chi connectivity index (χ3v) is 9.40. The van der Waals surface area contributed by atoms with Crippen molar-refractivity contribution in [3.05, 3.63) is 88.9 Å². The molecule has 0 bridgehead atoms. The molecule has 2 amide bonds. The third-order valence-electron chi connectivity index (χ3n) is 7.38. The van der Waals surface area contributed by atoms with Crippen LogP contribution in [0.15, 0.2) is 77.7 Å². The van der Waals surface area contributed by atoms with Crippen LogP contribution in [0.25, 0.3) is 0 Å². The van der Waals surface area contributed by atoms with Gasteiger partial charge in [-0.1, -0.05) is 66.4 Å². The quantitative estimate of drug-likeness (QED) is 0.322. The Bertz CT molecular complexity index is 1460. The van der Waals surface area contributed by atoms with Crippen LogP contribution in [0.5, 0.6) is 5.75 Å². The minimum Gasteiger partial charge on any atom is -0.495 e. The average molecular weight is 598 g/mol. The number of nitrogens with one attached hydrogen (secondary N) is 1. The van der Waals surface area contributed by atoms with Crippen molar-refractivity contribution in [3.8, 4) is 5.75 Å². The van der Waals surface area contributed by atoms with Crippen molar-refractivity contribution in [1.82, 2.24) is 10.2 Å². The molecule has 0 aromatic heterocycles.